The molecule has 0 atom stereocenters. The minimum Gasteiger partial charge on any atom is -0.507 e. The van der Waals surface area contributed by atoms with Crippen LogP contribution in [0.25, 0.3) is 32.8 Å². The normalized spacial score (nSPS) is 13.7. The van der Waals surface area contributed by atoms with E-state index in [9.17, 15) is 19.8 Å². The molecule has 0 saturated carbocycles. The van der Waals surface area contributed by atoms with Crippen LogP contribution in [0.5, 0.6) is 11.5 Å². The highest BCUT2D eigenvalue weighted by Gasteiger charge is 2.45. The van der Waals surface area contributed by atoms with Crippen LogP contribution in [0.15, 0.2) is 67.5 Å². The van der Waals surface area contributed by atoms with E-state index in [0.29, 0.717) is 55.3 Å². The zero-order valence-electron chi connectivity index (χ0n) is 40.5. The third-order valence-electron chi connectivity index (χ3n) is 13.2. The van der Waals surface area contributed by atoms with Crippen molar-refractivity contribution in [2.45, 2.75) is 90.9 Å². The second-order valence-electron chi connectivity index (χ2n) is 18.5. The van der Waals surface area contributed by atoms with Gasteiger partial charge < -0.3 is 20.0 Å². The number of benzene rings is 5. The van der Waals surface area contributed by atoms with E-state index in [2.05, 4.69) is 45.7 Å². The second kappa shape index (κ2) is 21.4. The number of phenolic OH excluding ortho intramolecular Hbond substituents is 2. The number of unbranched alkanes of at least 4 members (excludes halogenated alkanes) is 10. The molecule has 0 aliphatic carbocycles. The maximum absolute atomic E-state index is 15.1. The summed E-state index contributed by atoms with van der Waals surface area (Å²) in [5.74, 6) is -2.19. The van der Waals surface area contributed by atoms with Crippen molar-refractivity contribution in [1.82, 2.24) is 19.8 Å². The third kappa shape index (κ3) is 9.64. The number of amides is 4. The van der Waals surface area contributed by atoms with Crippen molar-refractivity contribution in [3.63, 3.8) is 0 Å². The monoisotopic (exact) mass is 1070 g/mol. The van der Waals surface area contributed by atoms with Crippen LogP contribution in [-0.4, -0.2) is 107 Å². The summed E-state index contributed by atoms with van der Waals surface area (Å²) in [6, 6.07) is 13.8. The molecule has 0 saturated heterocycles. The zero-order chi connectivity index (χ0) is 50.0. The van der Waals surface area contributed by atoms with Crippen molar-refractivity contribution in [1.29, 1.82) is 0 Å². The fourth-order valence-electron chi connectivity index (χ4n) is 9.23. The molecule has 14 nitrogen and oxygen atoms in total. The minimum absolute atomic E-state index is 0.0117. The number of halogens is 2. The van der Waals surface area contributed by atoms with E-state index in [1.54, 1.807) is 36.4 Å². The number of aromatic nitrogens is 2. The van der Waals surface area contributed by atoms with Crippen LogP contribution in [0.3, 0.4) is 0 Å². The zero-order valence-corrected chi connectivity index (χ0v) is 43.7. The Morgan fingerprint density at radius 2 is 0.886 bits per heavy atom. The number of aromatic hydroxyl groups is 2. The Bertz CT molecular complexity index is 2940. The van der Waals surface area contributed by atoms with Crippen molar-refractivity contribution < 1.29 is 29.4 Å². The molecule has 4 amide bonds. The number of aliphatic imine (C=N–C) groups is 2. The second-order valence-corrected chi connectivity index (χ2v) is 20.1. The molecular formula is C54H58Br2N8O6. The van der Waals surface area contributed by atoms with Crippen LogP contribution in [0.1, 0.15) is 143 Å². The molecule has 0 bridgehead atoms. The smallest absolute Gasteiger partial charge is 0.263 e. The van der Waals surface area contributed by atoms with Gasteiger partial charge in [-0.05, 0) is 81.1 Å². The summed E-state index contributed by atoms with van der Waals surface area (Å²) >= 11 is 7.35. The lowest BCUT2D eigenvalue weighted by atomic mass is 9.84. The van der Waals surface area contributed by atoms with Gasteiger partial charge in [-0.15, -0.1) is 0 Å². The SMILES string of the molecule is CCCCCCCCN1C(=O)c2c(Br)c(Br)c3c4c(c5nc6cc(N=Cc7ccc(N(C)C)cc7O)c(N=Cc7ccc(N(C)C)cc7O)cc6nc5c(c24)C1=O)C(=O)N(CCCCCCCC)C3=O. The Labute approximate surface area is 424 Å². The van der Waals surface area contributed by atoms with Crippen molar-refractivity contribution in [3.8, 4) is 11.5 Å². The average molecular weight is 1070 g/mol. The van der Waals surface area contributed by atoms with Gasteiger partial charge in [-0.1, -0.05) is 78.1 Å². The predicted octanol–water partition coefficient (Wildman–Crippen LogP) is 12.4. The molecular weight excluding hydrogens is 1020 g/mol. The average Bonchev–Trinajstić information content (AvgIpc) is 3.33. The molecule has 3 heterocycles. The van der Waals surface area contributed by atoms with E-state index in [1.165, 1.54) is 22.2 Å². The molecule has 70 heavy (non-hydrogen) atoms. The number of fused-ring (bicyclic) bond motifs is 4. The Morgan fingerprint density at radius 1 is 0.529 bits per heavy atom. The van der Waals surface area contributed by atoms with E-state index < -0.39 is 23.6 Å². The molecule has 8 rings (SSSR count). The minimum atomic E-state index is -0.581. The lowest BCUT2D eigenvalue weighted by molar-refractivity contribution is 0.0586. The topological polar surface area (TPSA) is 172 Å². The van der Waals surface area contributed by atoms with E-state index in [1.807, 2.05) is 50.1 Å². The van der Waals surface area contributed by atoms with Crippen molar-refractivity contribution in [2.24, 2.45) is 9.98 Å². The van der Waals surface area contributed by atoms with Gasteiger partial charge in [-0.2, -0.15) is 0 Å². The van der Waals surface area contributed by atoms with Gasteiger partial charge in [-0.3, -0.25) is 39.0 Å². The van der Waals surface area contributed by atoms with E-state index in [-0.39, 0.29) is 68.6 Å². The number of anilines is 2. The summed E-state index contributed by atoms with van der Waals surface area (Å²) in [5, 5.41) is 22.4. The maximum Gasteiger partial charge on any atom is 0.263 e. The largest absolute Gasteiger partial charge is 0.507 e. The van der Waals surface area contributed by atoms with Crippen LogP contribution < -0.4 is 9.80 Å². The summed E-state index contributed by atoms with van der Waals surface area (Å²) in [7, 11) is 7.51. The molecule has 1 aromatic heterocycles. The first-order valence-corrected chi connectivity index (χ1v) is 25.7. The number of nitrogens with zero attached hydrogens (tertiary/aromatic N) is 8. The highest BCUT2D eigenvalue weighted by atomic mass is 79.9. The molecule has 2 aliphatic heterocycles. The Balaban J connectivity index is 1.36. The standard InChI is InChI=1S/C54H58Br2N8O6/c1-7-9-11-13-15-17-23-63-51(67)43-41-42-44(48(56)47(43)55)52(68)64(24-18-16-14-12-10-8-2)54(70)46(42)50-49(45(41)53(63)69)59-37-27-35(57-29-31-19-21-33(61(3)4)25-39(31)65)36(28-38(37)60-50)58-30-32-20-22-34(62(5)6)26-40(32)66/h19-22,25-30,65-66H,7-18,23-24H2,1-6H3. The molecule has 0 spiro atoms. The van der Waals surface area contributed by atoms with Crippen LogP contribution in [-0.2, 0) is 0 Å². The third-order valence-corrected chi connectivity index (χ3v) is 15.3. The fourth-order valence-corrected chi connectivity index (χ4v) is 10.4. The highest BCUT2D eigenvalue weighted by Crippen LogP contribution is 2.49. The summed E-state index contributed by atoms with van der Waals surface area (Å²) in [4.78, 5) is 85.6. The van der Waals surface area contributed by atoms with Crippen LogP contribution in [0.2, 0.25) is 0 Å². The van der Waals surface area contributed by atoms with Gasteiger partial charge in [0.25, 0.3) is 23.6 Å². The molecule has 0 fully saturated rings. The van der Waals surface area contributed by atoms with Gasteiger partial charge in [0.1, 0.15) is 22.5 Å². The quantitative estimate of drug-likeness (QED) is 0.0324. The summed E-state index contributed by atoms with van der Waals surface area (Å²) in [6.07, 6.45) is 14.4. The van der Waals surface area contributed by atoms with Crippen molar-refractivity contribution in [3.05, 3.63) is 90.9 Å². The number of phenols is 2. The molecule has 364 valence electrons. The van der Waals surface area contributed by atoms with E-state index in [4.69, 9.17) is 20.0 Å². The van der Waals surface area contributed by atoms with Crippen LogP contribution in [0.4, 0.5) is 22.7 Å². The first-order valence-electron chi connectivity index (χ1n) is 24.1. The molecule has 0 unspecified atom stereocenters. The molecule has 6 aromatic rings. The Morgan fingerprint density at radius 3 is 1.24 bits per heavy atom. The molecule has 2 N–H and O–H groups in total. The Kier molecular flexibility index (Phi) is 15.3. The molecule has 5 aromatic carbocycles. The van der Waals surface area contributed by atoms with Crippen LogP contribution in [0, 0.1) is 0 Å². The van der Waals surface area contributed by atoms with Gasteiger partial charge in [-0.25, -0.2) is 9.97 Å². The lowest BCUT2D eigenvalue weighted by Crippen LogP contribution is -2.44. The van der Waals surface area contributed by atoms with Crippen molar-refractivity contribution >= 4 is 124 Å². The van der Waals surface area contributed by atoms with Crippen molar-refractivity contribution in [2.75, 3.05) is 51.1 Å². The first-order chi connectivity index (χ1) is 33.7. The molecule has 16 heteroatoms. The molecule has 0 radical (unpaired) electrons. The van der Waals surface area contributed by atoms with Gasteiger partial charge in [0.15, 0.2) is 0 Å². The number of hydrogen-bond donors (Lipinski definition) is 2. The van der Waals surface area contributed by atoms with E-state index >= 15 is 9.59 Å². The highest BCUT2D eigenvalue weighted by molar-refractivity contribution is 9.13. The number of carbonyl (C=O) groups excluding carboxylic acids is 4. The summed E-state index contributed by atoms with van der Waals surface area (Å²) in [6.45, 7) is 4.63. The van der Waals surface area contributed by atoms with Crippen LogP contribution >= 0.6 is 31.9 Å². The van der Waals surface area contributed by atoms with Gasteiger partial charge >= 0.3 is 0 Å². The number of hydrogen-bond acceptors (Lipinski definition) is 12. The summed E-state index contributed by atoms with van der Waals surface area (Å²) < 4.78 is 0.623. The molecule has 2 aliphatic rings. The fraction of sp³-hybridized carbons (Fsp3) is 0.370. The van der Waals surface area contributed by atoms with Gasteiger partial charge in [0.2, 0.25) is 0 Å². The lowest BCUT2D eigenvalue weighted by Gasteiger charge is -2.34. The number of carbonyl (C=O) groups is 4. The predicted molar refractivity (Wildman–Crippen MR) is 287 cm³/mol. The van der Waals surface area contributed by atoms with Gasteiger partial charge in [0, 0.05) is 108 Å². The summed E-state index contributed by atoms with van der Waals surface area (Å²) in [5.41, 5.74) is 4.44. The first kappa shape index (κ1) is 50.1. The number of imide groups is 2. The van der Waals surface area contributed by atoms with E-state index in [0.717, 1.165) is 75.6 Å². The number of rotatable bonds is 20. The van der Waals surface area contributed by atoms with Gasteiger partial charge in [0.05, 0.1) is 44.7 Å². The maximum atomic E-state index is 15.1. The Hall–Kier alpha value is -6.26.